The van der Waals surface area contributed by atoms with Crippen LogP contribution in [-0.4, -0.2) is 55.9 Å². The maximum absolute atomic E-state index is 13.2. The molecule has 0 radical (unpaired) electrons. The molecule has 210 valence electrons. The molecule has 39 heavy (non-hydrogen) atoms. The van der Waals surface area contributed by atoms with Gasteiger partial charge in [0.05, 0.1) is 37.7 Å². The summed E-state index contributed by atoms with van der Waals surface area (Å²) in [5.74, 6) is -2.02. The lowest BCUT2D eigenvalue weighted by molar-refractivity contribution is -0.150. The summed E-state index contributed by atoms with van der Waals surface area (Å²) < 4.78 is 10.9. The van der Waals surface area contributed by atoms with Gasteiger partial charge in [0.15, 0.2) is 0 Å². The molecule has 0 aliphatic rings. The first-order valence-corrected chi connectivity index (χ1v) is 13.2. The maximum atomic E-state index is 13.2. The summed E-state index contributed by atoms with van der Waals surface area (Å²) in [6.07, 6.45) is 4.57. The average Bonchev–Trinajstić information content (AvgIpc) is 2.95. The fourth-order valence-corrected chi connectivity index (χ4v) is 4.05. The standard InChI is InChI=1S/C31H40N2O6/c1-3-11-26(22-29(35)32-17-19-38-20-18-34)30(36)33-28(25-15-9-6-10-16-25)23-39-31(37)27(12-4-2)21-24-13-7-5-8-14-24/h3-10,13-16,26-28,34H,1-2,11-12,17-23H2,(H,32,35)(H,33,36)/t26-,27+,28+/m1/s1. The highest BCUT2D eigenvalue weighted by atomic mass is 16.5. The predicted octanol–water partition coefficient (Wildman–Crippen LogP) is 3.53. The number of hydrogen-bond acceptors (Lipinski definition) is 6. The Bertz CT molecular complexity index is 1030. The molecule has 2 aromatic carbocycles. The quantitative estimate of drug-likeness (QED) is 0.144. The number of rotatable bonds is 19. The summed E-state index contributed by atoms with van der Waals surface area (Å²) >= 11 is 0. The number of hydrogen-bond donors (Lipinski definition) is 3. The van der Waals surface area contributed by atoms with Crippen LogP contribution in [0, 0.1) is 11.8 Å². The maximum Gasteiger partial charge on any atom is 0.309 e. The van der Waals surface area contributed by atoms with Gasteiger partial charge >= 0.3 is 5.97 Å². The first-order valence-electron chi connectivity index (χ1n) is 13.2. The lowest BCUT2D eigenvalue weighted by Crippen LogP contribution is -2.39. The van der Waals surface area contributed by atoms with Crippen molar-refractivity contribution in [2.24, 2.45) is 11.8 Å². The van der Waals surface area contributed by atoms with Crippen LogP contribution < -0.4 is 10.6 Å². The fourth-order valence-electron chi connectivity index (χ4n) is 4.05. The van der Waals surface area contributed by atoms with Crippen molar-refractivity contribution in [3.63, 3.8) is 0 Å². The van der Waals surface area contributed by atoms with Crippen molar-refractivity contribution < 1.29 is 29.0 Å². The van der Waals surface area contributed by atoms with E-state index in [-0.39, 0.29) is 57.2 Å². The highest BCUT2D eigenvalue weighted by molar-refractivity contribution is 5.86. The Morgan fingerprint density at radius 2 is 1.54 bits per heavy atom. The molecule has 3 N–H and O–H groups in total. The number of aliphatic hydroxyl groups is 1. The number of aliphatic hydroxyl groups excluding tert-OH is 1. The zero-order valence-electron chi connectivity index (χ0n) is 22.4. The molecule has 0 bridgehead atoms. The topological polar surface area (TPSA) is 114 Å². The number of esters is 1. The monoisotopic (exact) mass is 536 g/mol. The van der Waals surface area contributed by atoms with E-state index in [0.717, 1.165) is 11.1 Å². The van der Waals surface area contributed by atoms with Crippen LogP contribution in [0.2, 0.25) is 0 Å². The van der Waals surface area contributed by atoms with Gasteiger partial charge in [0, 0.05) is 13.0 Å². The van der Waals surface area contributed by atoms with Crippen molar-refractivity contribution in [3.8, 4) is 0 Å². The van der Waals surface area contributed by atoms with E-state index < -0.39 is 17.9 Å². The zero-order chi connectivity index (χ0) is 28.3. The fraction of sp³-hybridized carbons (Fsp3) is 0.387. The first-order chi connectivity index (χ1) is 19.0. The van der Waals surface area contributed by atoms with E-state index in [1.165, 1.54) is 0 Å². The number of benzene rings is 2. The van der Waals surface area contributed by atoms with Crippen LogP contribution in [0.3, 0.4) is 0 Å². The van der Waals surface area contributed by atoms with Crippen molar-refractivity contribution in [1.82, 2.24) is 10.6 Å². The van der Waals surface area contributed by atoms with Crippen molar-refractivity contribution >= 4 is 17.8 Å². The summed E-state index contributed by atoms with van der Waals surface area (Å²) in [7, 11) is 0. The second-order valence-corrected chi connectivity index (χ2v) is 9.12. The highest BCUT2D eigenvalue weighted by Gasteiger charge is 2.26. The van der Waals surface area contributed by atoms with Gasteiger partial charge in [-0.05, 0) is 30.4 Å². The van der Waals surface area contributed by atoms with Gasteiger partial charge in [0.2, 0.25) is 11.8 Å². The Morgan fingerprint density at radius 1 is 0.897 bits per heavy atom. The second-order valence-electron chi connectivity index (χ2n) is 9.12. The number of nitrogens with one attached hydrogen (secondary N) is 2. The number of amides is 2. The molecule has 8 nitrogen and oxygen atoms in total. The molecule has 0 saturated carbocycles. The van der Waals surface area contributed by atoms with Gasteiger partial charge in [-0.2, -0.15) is 0 Å². The Labute approximate surface area is 231 Å². The van der Waals surface area contributed by atoms with Crippen LogP contribution in [0.25, 0.3) is 0 Å². The van der Waals surface area contributed by atoms with Crippen LogP contribution in [0.5, 0.6) is 0 Å². The number of ether oxygens (including phenoxy) is 2. The minimum Gasteiger partial charge on any atom is -0.463 e. The second kappa shape index (κ2) is 18.5. The van der Waals surface area contributed by atoms with Gasteiger partial charge in [0.25, 0.3) is 0 Å². The van der Waals surface area contributed by atoms with E-state index in [1.54, 1.807) is 12.2 Å². The van der Waals surface area contributed by atoms with E-state index in [4.69, 9.17) is 14.6 Å². The molecule has 0 unspecified atom stereocenters. The van der Waals surface area contributed by atoms with Crippen molar-refractivity contribution in [1.29, 1.82) is 0 Å². The van der Waals surface area contributed by atoms with Gasteiger partial charge in [-0.25, -0.2) is 0 Å². The van der Waals surface area contributed by atoms with Crippen molar-refractivity contribution in [2.75, 3.05) is 33.0 Å². The molecule has 0 aliphatic carbocycles. The van der Waals surface area contributed by atoms with Gasteiger partial charge in [-0.1, -0.05) is 72.8 Å². The molecule has 0 heterocycles. The minimum atomic E-state index is -0.644. The molecule has 8 heteroatoms. The van der Waals surface area contributed by atoms with Crippen LogP contribution in [-0.2, 0) is 30.3 Å². The molecule has 2 amide bonds. The first kappa shape index (κ1) is 31.5. The summed E-state index contributed by atoms with van der Waals surface area (Å²) in [5, 5.41) is 14.4. The van der Waals surface area contributed by atoms with E-state index >= 15 is 0 Å². The number of carbonyl (C=O) groups is 3. The molecule has 3 atom stereocenters. The molecule has 0 spiro atoms. The molecule has 2 aromatic rings. The highest BCUT2D eigenvalue weighted by Crippen LogP contribution is 2.20. The van der Waals surface area contributed by atoms with Gasteiger partial charge in [-0.15, -0.1) is 13.2 Å². The third-order valence-electron chi connectivity index (χ3n) is 6.08. The van der Waals surface area contributed by atoms with Crippen LogP contribution in [0.4, 0.5) is 0 Å². The summed E-state index contributed by atoms with van der Waals surface area (Å²) in [5.41, 5.74) is 1.81. The van der Waals surface area contributed by atoms with Gasteiger partial charge in [-0.3, -0.25) is 14.4 Å². The summed E-state index contributed by atoms with van der Waals surface area (Å²) in [6, 6.07) is 18.4. The molecular weight excluding hydrogens is 496 g/mol. The smallest absolute Gasteiger partial charge is 0.309 e. The third kappa shape index (κ3) is 12.1. The Kier molecular flexibility index (Phi) is 14.9. The summed E-state index contributed by atoms with van der Waals surface area (Å²) in [4.78, 5) is 38.7. The SMILES string of the molecule is C=CC[C@H](CC(=O)NCCOCCO)C(=O)N[C@@H](COC(=O)[C@@H](CC=C)Cc1ccccc1)c1ccccc1. The van der Waals surface area contributed by atoms with E-state index in [9.17, 15) is 14.4 Å². The van der Waals surface area contributed by atoms with Crippen LogP contribution >= 0.6 is 0 Å². The predicted molar refractivity (Wildman–Crippen MR) is 151 cm³/mol. The Morgan fingerprint density at radius 3 is 2.18 bits per heavy atom. The lowest BCUT2D eigenvalue weighted by Gasteiger charge is -2.24. The number of carbonyl (C=O) groups excluding carboxylic acids is 3. The zero-order valence-corrected chi connectivity index (χ0v) is 22.4. The normalized spacial score (nSPS) is 12.9. The molecule has 0 aromatic heterocycles. The van der Waals surface area contributed by atoms with E-state index in [0.29, 0.717) is 19.3 Å². The van der Waals surface area contributed by atoms with Crippen LogP contribution in [0.1, 0.15) is 36.4 Å². The Hall–Kier alpha value is -3.75. The molecular formula is C31H40N2O6. The molecule has 0 fully saturated rings. The molecule has 0 aliphatic heterocycles. The molecule has 0 saturated heterocycles. The van der Waals surface area contributed by atoms with Gasteiger partial charge < -0.3 is 25.2 Å². The summed E-state index contributed by atoms with van der Waals surface area (Å²) in [6.45, 7) is 8.10. The van der Waals surface area contributed by atoms with Crippen molar-refractivity contribution in [3.05, 3.63) is 97.1 Å². The van der Waals surface area contributed by atoms with Crippen molar-refractivity contribution in [2.45, 2.75) is 31.7 Å². The Balaban J connectivity index is 2.04. The number of allylic oxidation sites excluding steroid dienone is 2. The molecule has 2 rings (SSSR count). The third-order valence-corrected chi connectivity index (χ3v) is 6.08. The largest absolute Gasteiger partial charge is 0.463 e. The van der Waals surface area contributed by atoms with E-state index in [1.807, 2.05) is 60.7 Å². The van der Waals surface area contributed by atoms with E-state index in [2.05, 4.69) is 23.8 Å². The van der Waals surface area contributed by atoms with Crippen LogP contribution in [0.15, 0.2) is 86.0 Å². The lowest BCUT2D eigenvalue weighted by atomic mass is 9.96. The minimum absolute atomic E-state index is 0.0301. The van der Waals surface area contributed by atoms with Gasteiger partial charge in [0.1, 0.15) is 6.61 Å². The average molecular weight is 537 g/mol.